The predicted molar refractivity (Wildman–Crippen MR) is 121 cm³/mol. The van der Waals surface area contributed by atoms with Crippen LogP contribution < -0.4 is 16.2 Å². The zero-order valence-corrected chi connectivity index (χ0v) is 18.0. The minimum Gasteiger partial charge on any atom is -0.383 e. The lowest BCUT2D eigenvalue weighted by Crippen LogP contribution is -2.50. The van der Waals surface area contributed by atoms with E-state index in [4.69, 9.17) is 22.1 Å². The van der Waals surface area contributed by atoms with Gasteiger partial charge in [0.1, 0.15) is 5.69 Å². The quantitative estimate of drug-likeness (QED) is 0.418. The molecule has 0 aliphatic carbocycles. The molecule has 2 aromatic carbocycles. The molecular formula is C22H25N5O2S. The van der Waals surface area contributed by atoms with Gasteiger partial charge in [-0.05, 0) is 43.8 Å². The Hall–Kier alpha value is -3.23. The van der Waals surface area contributed by atoms with Crippen molar-refractivity contribution in [2.24, 2.45) is 0 Å². The lowest BCUT2D eigenvalue weighted by Gasteiger charge is -2.16. The first-order valence-electron chi connectivity index (χ1n) is 9.56. The number of nitrogens with one attached hydrogen (secondary N) is 3. The van der Waals surface area contributed by atoms with Gasteiger partial charge in [-0.3, -0.25) is 15.6 Å². The minimum absolute atomic E-state index is 0.00950. The van der Waals surface area contributed by atoms with Gasteiger partial charge in [0.05, 0.1) is 17.9 Å². The topological polar surface area (TPSA) is 80.2 Å². The summed E-state index contributed by atoms with van der Waals surface area (Å²) in [6.07, 6.45) is 1.72. The zero-order valence-electron chi connectivity index (χ0n) is 17.2. The van der Waals surface area contributed by atoms with Crippen molar-refractivity contribution in [3.8, 4) is 16.9 Å². The fourth-order valence-electron chi connectivity index (χ4n) is 3.02. The van der Waals surface area contributed by atoms with Crippen molar-refractivity contribution in [2.45, 2.75) is 19.9 Å². The van der Waals surface area contributed by atoms with Crippen molar-refractivity contribution in [1.29, 1.82) is 0 Å². The second kappa shape index (κ2) is 10.00. The van der Waals surface area contributed by atoms with Gasteiger partial charge in [-0.15, -0.1) is 0 Å². The summed E-state index contributed by atoms with van der Waals surface area (Å²) < 4.78 is 6.77. The molecule has 0 aliphatic heterocycles. The number of benzene rings is 2. The van der Waals surface area contributed by atoms with E-state index in [9.17, 15) is 4.79 Å². The molecule has 1 heterocycles. The highest BCUT2D eigenvalue weighted by atomic mass is 32.1. The molecule has 0 fully saturated rings. The van der Waals surface area contributed by atoms with E-state index >= 15 is 0 Å². The summed E-state index contributed by atoms with van der Waals surface area (Å²) in [5, 5.41) is 8.04. The van der Waals surface area contributed by atoms with Gasteiger partial charge in [0.25, 0.3) is 5.91 Å². The van der Waals surface area contributed by atoms with E-state index in [0.29, 0.717) is 23.0 Å². The van der Waals surface area contributed by atoms with E-state index in [1.165, 1.54) is 0 Å². The number of amides is 1. The number of hydrogen-bond acceptors (Lipinski definition) is 4. The lowest BCUT2D eigenvalue weighted by atomic mass is 10.0. The molecular weight excluding hydrogens is 398 g/mol. The SMILES string of the molecule is COC[C@H](C)NC(=S)NNC(=O)c1cn(-c2ccccc2)nc1-c1ccccc1C. The number of hydrogen-bond donors (Lipinski definition) is 3. The molecule has 0 spiro atoms. The molecule has 0 saturated carbocycles. The van der Waals surface area contributed by atoms with Gasteiger partial charge in [-0.2, -0.15) is 5.10 Å². The van der Waals surface area contributed by atoms with Gasteiger partial charge in [0.2, 0.25) is 0 Å². The maximum atomic E-state index is 13.0. The van der Waals surface area contributed by atoms with Crippen LogP contribution in [-0.4, -0.2) is 40.6 Å². The molecule has 3 N–H and O–H groups in total. The van der Waals surface area contributed by atoms with E-state index < -0.39 is 0 Å². The Labute approximate surface area is 181 Å². The van der Waals surface area contributed by atoms with Crippen molar-refractivity contribution in [3.05, 3.63) is 71.9 Å². The number of ether oxygens (including phenoxy) is 1. The summed E-state index contributed by atoms with van der Waals surface area (Å²) in [4.78, 5) is 13.0. The third-order valence-electron chi connectivity index (χ3n) is 4.46. The second-order valence-electron chi connectivity index (χ2n) is 6.90. The Bertz CT molecular complexity index is 1020. The van der Waals surface area contributed by atoms with Crippen molar-refractivity contribution >= 4 is 23.2 Å². The number of aryl methyl sites for hydroxylation is 1. The van der Waals surface area contributed by atoms with Crippen LogP contribution in [0.15, 0.2) is 60.8 Å². The Morgan fingerprint density at radius 2 is 1.83 bits per heavy atom. The van der Waals surface area contributed by atoms with Gasteiger partial charge in [0, 0.05) is 24.9 Å². The summed E-state index contributed by atoms with van der Waals surface area (Å²) in [5.41, 5.74) is 9.22. The fourth-order valence-corrected chi connectivity index (χ4v) is 3.28. The molecule has 0 unspecified atom stereocenters. The van der Waals surface area contributed by atoms with Gasteiger partial charge >= 0.3 is 0 Å². The van der Waals surface area contributed by atoms with Crippen LogP contribution in [0.25, 0.3) is 16.9 Å². The average Bonchev–Trinajstić information content (AvgIpc) is 3.18. The highest BCUT2D eigenvalue weighted by Crippen LogP contribution is 2.26. The van der Waals surface area contributed by atoms with Crippen LogP contribution in [0.3, 0.4) is 0 Å². The van der Waals surface area contributed by atoms with E-state index in [2.05, 4.69) is 16.2 Å². The first-order valence-corrected chi connectivity index (χ1v) is 9.97. The average molecular weight is 424 g/mol. The molecule has 0 saturated heterocycles. The lowest BCUT2D eigenvalue weighted by molar-refractivity contribution is 0.0944. The molecule has 8 heteroatoms. The van der Waals surface area contributed by atoms with Crippen LogP contribution in [0.2, 0.25) is 0 Å². The van der Waals surface area contributed by atoms with Crippen LogP contribution in [0, 0.1) is 6.92 Å². The van der Waals surface area contributed by atoms with Crippen LogP contribution in [0.1, 0.15) is 22.8 Å². The van der Waals surface area contributed by atoms with Gasteiger partial charge < -0.3 is 10.1 Å². The minimum atomic E-state index is -0.334. The van der Waals surface area contributed by atoms with Gasteiger partial charge in [0.15, 0.2) is 5.11 Å². The molecule has 3 rings (SSSR count). The number of nitrogens with zero attached hydrogens (tertiary/aromatic N) is 2. The first-order chi connectivity index (χ1) is 14.5. The number of carbonyl (C=O) groups excluding carboxylic acids is 1. The van der Waals surface area contributed by atoms with Crippen LogP contribution in [-0.2, 0) is 4.74 Å². The number of carbonyl (C=O) groups is 1. The van der Waals surface area contributed by atoms with Gasteiger partial charge in [-0.25, -0.2) is 4.68 Å². The molecule has 1 aromatic heterocycles. The molecule has 1 amide bonds. The number of thiocarbonyl (C=S) groups is 1. The summed E-state index contributed by atoms with van der Waals surface area (Å²) in [6.45, 7) is 4.42. The number of aromatic nitrogens is 2. The van der Waals surface area contributed by atoms with Crippen LogP contribution >= 0.6 is 12.2 Å². The summed E-state index contributed by atoms with van der Waals surface area (Å²) in [5.74, 6) is -0.334. The summed E-state index contributed by atoms with van der Waals surface area (Å²) in [7, 11) is 1.62. The number of hydrazine groups is 1. The van der Waals surface area contributed by atoms with E-state index in [1.54, 1.807) is 18.0 Å². The predicted octanol–water partition coefficient (Wildman–Crippen LogP) is 2.99. The van der Waals surface area contributed by atoms with E-state index in [0.717, 1.165) is 16.8 Å². The molecule has 7 nitrogen and oxygen atoms in total. The third-order valence-corrected chi connectivity index (χ3v) is 4.68. The Morgan fingerprint density at radius 3 is 2.53 bits per heavy atom. The smallest absolute Gasteiger partial charge is 0.273 e. The zero-order chi connectivity index (χ0) is 21.5. The Kier molecular flexibility index (Phi) is 7.16. The Morgan fingerprint density at radius 1 is 1.13 bits per heavy atom. The molecule has 1 atom stereocenters. The maximum Gasteiger partial charge on any atom is 0.273 e. The first kappa shape index (κ1) is 21.5. The third kappa shape index (κ3) is 5.22. The largest absolute Gasteiger partial charge is 0.383 e. The van der Waals surface area contributed by atoms with Crippen molar-refractivity contribution in [2.75, 3.05) is 13.7 Å². The molecule has 0 radical (unpaired) electrons. The highest BCUT2D eigenvalue weighted by molar-refractivity contribution is 7.80. The van der Waals surface area contributed by atoms with Crippen molar-refractivity contribution in [1.82, 2.24) is 25.9 Å². The molecule has 0 aliphatic rings. The molecule has 3 aromatic rings. The maximum absolute atomic E-state index is 13.0. The molecule has 30 heavy (non-hydrogen) atoms. The normalized spacial score (nSPS) is 11.6. The van der Waals surface area contributed by atoms with Crippen molar-refractivity contribution < 1.29 is 9.53 Å². The Balaban J connectivity index is 1.85. The van der Waals surface area contributed by atoms with Crippen LogP contribution in [0.5, 0.6) is 0 Å². The monoisotopic (exact) mass is 423 g/mol. The fraction of sp³-hybridized carbons (Fsp3) is 0.227. The number of methoxy groups -OCH3 is 1. The molecule has 0 bridgehead atoms. The van der Waals surface area contributed by atoms with E-state index in [1.807, 2.05) is 68.4 Å². The highest BCUT2D eigenvalue weighted by Gasteiger charge is 2.20. The van der Waals surface area contributed by atoms with Crippen molar-refractivity contribution in [3.63, 3.8) is 0 Å². The standard InChI is InChI=1S/C22H25N5O2S/c1-15-9-7-8-12-18(15)20-19(13-27(26-20)17-10-5-4-6-11-17)21(28)24-25-22(30)23-16(2)14-29-3/h4-13,16H,14H2,1-3H3,(H,24,28)(H2,23,25,30)/t16-/m0/s1. The van der Waals surface area contributed by atoms with Gasteiger partial charge in [-0.1, -0.05) is 42.5 Å². The van der Waals surface area contributed by atoms with E-state index in [-0.39, 0.29) is 11.9 Å². The molecule has 156 valence electrons. The summed E-state index contributed by atoms with van der Waals surface area (Å²) >= 11 is 5.23. The number of rotatable bonds is 6. The summed E-state index contributed by atoms with van der Waals surface area (Å²) in [6, 6.07) is 17.5. The number of para-hydroxylation sites is 1. The second-order valence-corrected chi connectivity index (χ2v) is 7.30. The van der Waals surface area contributed by atoms with Crippen LogP contribution in [0.4, 0.5) is 0 Å².